The van der Waals surface area contributed by atoms with Gasteiger partial charge in [0.2, 0.25) is 0 Å². The van der Waals surface area contributed by atoms with Gasteiger partial charge in [-0.2, -0.15) is 0 Å². The molecular weight excluding hydrogens is 528 g/mol. The Morgan fingerprint density at radius 3 is 1.09 bits per heavy atom. The predicted octanol–water partition coefficient (Wildman–Crippen LogP) is 12.5. The summed E-state index contributed by atoms with van der Waals surface area (Å²) in [7, 11) is 0. The smallest absolute Gasteiger partial charge is 0.00206 e. The summed E-state index contributed by atoms with van der Waals surface area (Å²) in [5.74, 6) is 0. The van der Waals surface area contributed by atoms with Gasteiger partial charge in [-0.05, 0) is 98.0 Å². The largest absolute Gasteiger partial charge is 0.0622 e. The topological polar surface area (TPSA) is 0 Å². The first-order chi connectivity index (χ1) is 21.8. The second-order valence-electron chi connectivity index (χ2n) is 12.0. The van der Waals surface area contributed by atoms with Crippen molar-refractivity contribution >= 4 is 64.6 Å². The summed E-state index contributed by atoms with van der Waals surface area (Å²) in [6.45, 7) is 0. The zero-order valence-electron chi connectivity index (χ0n) is 24.0. The molecule has 0 amide bonds. The molecule has 0 nitrogen and oxygen atoms in total. The van der Waals surface area contributed by atoms with Gasteiger partial charge < -0.3 is 0 Å². The van der Waals surface area contributed by atoms with E-state index in [1.165, 1.54) is 98.0 Å². The van der Waals surface area contributed by atoms with Crippen molar-refractivity contribution in [3.8, 4) is 33.4 Å². The first-order valence-corrected chi connectivity index (χ1v) is 15.4. The maximum Gasteiger partial charge on any atom is -0.00206 e. The molecule has 0 heteroatoms. The Morgan fingerprint density at radius 1 is 0.227 bits per heavy atom. The van der Waals surface area contributed by atoms with Crippen LogP contribution in [0.3, 0.4) is 0 Å². The molecule has 10 rings (SSSR count). The van der Waals surface area contributed by atoms with Crippen molar-refractivity contribution in [2.75, 3.05) is 0 Å². The van der Waals surface area contributed by atoms with Gasteiger partial charge in [-0.3, -0.25) is 0 Å². The highest BCUT2D eigenvalue weighted by atomic mass is 14.2. The Morgan fingerprint density at radius 2 is 0.614 bits per heavy atom. The SMILES string of the molecule is c1ccc(-c2c(-c3ccc4ccc5cccc6ccc3c4c56)cccc2-c2ccc3ccc4cccc5ccc2c3c45)cc1. The molecule has 10 aromatic carbocycles. The van der Waals surface area contributed by atoms with Crippen LogP contribution in [-0.2, 0) is 0 Å². The van der Waals surface area contributed by atoms with Crippen LogP contribution in [0.4, 0.5) is 0 Å². The minimum atomic E-state index is 1.23. The lowest BCUT2D eigenvalue weighted by atomic mass is 9.82. The van der Waals surface area contributed by atoms with Gasteiger partial charge >= 0.3 is 0 Å². The molecule has 0 aliphatic heterocycles. The van der Waals surface area contributed by atoms with E-state index in [-0.39, 0.29) is 0 Å². The fourth-order valence-electron chi connectivity index (χ4n) is 7.86. The van der Waals surface area contributed by atoms with E-state index < -0.39 is 0 Å². The number of hydrogen-bond donors (Lipinski definition) is 0. The molecule has 0 saturated heterocycles. The van der Waals surface area contributed by atoms with Crippen molar-refractivity contribution < 1.29 is 0 Å². The van der Waals surface area contributed by atoms with Crippen LogP contribution >= 0.6 is 0 Å². The molecule has 0 N–H and O–H groups in total. The van der Waals surface area contributed by atoms with Gasteiger partial charge in [0.1, 0.15) is 0 Å². The summed E-state index contributed by atoms with van der Waals surface area (Å²) in [4.78, 5) is 0. The minimum Gasteiger partial charge on any atom is -0.0622 e. The molecule has 0 aromatic heterocycles. The second-order valence-corrected chi connectivity index (χ2v) is 12.0. The van der Waals surface area contributed by atoms with E-state index in [1.807, 2.05) is 0 Å². The molecule has 0 heterocycles. The van der Waals surface area contributed by atoms with Crippen molar-refractivity contribution in [2.24, 2.45) is 0 Å². The van der Waals surface area contributed by atoms with Crippen molar-refractivity contribution in [3.63, 3.8) is 0 Å². The van der Waals surface area contributed by atoms with Crippen molar-refractivity contribution in [3.05, 3.63) is 158 Å². The normalized spacial score (nSPS) is 12.1. The third-order valence-corrected chi connectivity index (χ3v) is 9.76. The van der Waals surface area contributed by atoms with E-state index in [9.17, 15) is 0 Å². The van der Waals surface area contributed by atoms with Gasteiger partial charge in [0.25, 0.3) is 0 Å². The number of hydrogen-bond acceptors (Lipinski definition) is 0. The molecule has 0 unspecified atom stereocenters. The van der Waals surface area contributed by atoms with Crippen LogP contribution in [0.5, 0.6) is 0 Å². The molecule has 0 spiro atoms. The quantitative estimate of drug-likeness (QED) is 0.191. The van der Waals surface area contributed by atoms with E-state index in [1.54, 1.807) is 0 Å². The Bertz CT molecular complexity index is 2500. The molecule has 0 radical (unpaired) electrons. The van der Waals surface area contributed by atoms with Crippen LogP contribution in [0.2, 0.25) is 0 Å². The zero-order valence-corrected chi connectivity index (χ0v) is 24.0. The average Bonchev–Trinajstić information content (AvgIpc) is 3.09. The van der Waals surface area contributed by atoms with E-state index in [0.29, 0.717) is 0 Å². The van der Waals surface area contributed by atoms with Gasteiger partial charge in [-0.25, -0.2) is 0 Å². The Kier molecular flexibility index (Phi) is 4.81. The van der Waals surface area contributed by atoms with Crippen LogP contribution < -0.4 is 0 Å². The first kappa shape index (κ1) is 23.8. The summed E-state index contributed by atoms with van der Waals surface area (Å²) in [5.41, 5.74) is 7.57. The third-order valence-electron chi connectivity index (χ3n) is 9.76. The summed E-state index contributed by atoms with van der Waals surface area (Å²) in [6, 6.07) is 58.6. The molecule has 202 valence electrons. The highest BCUT2D eigenvalue weighted by Gasteiger charge is 2.20. The molecule has 0 aliphatic rings. The standard InChI is InChI=1S/C44H26/c1-2-7-27(8-3-1)42-36(34-23-19-32-17-15-28-9-4-11-30-21-25-38(34)43(32)40(28)30)13-6-14-37(42)35-24-20-33-18-16-29-10-5-12-31-22-26-39(35)44(33)41(29)31/h1-26H. The lowest BCUT2D eigenvalue weighted by Crippen LogP contribution is -1.94. The summed E-state index contributed by atoms with van der Waals surface area (Å²) in [6.07, 6.45) is 0. The van der Waals surface area contributed by atoms with Crippen LogP contribution in [0.25, 0.3) is 98.0 Å². The lowest BCUT2D eigenvalue weighted by Gasteiger charge is -2.21. The van der Waals surface area contributed by atoms with Gasteiger partial charge in [-0.15, -0.1) is 0 Å². The molecule has 44 heavy (non-hydrogen) atoms. The maximum absolute atomic E-state index is 2.33. The molecule has 0 atom stereocenters. The number of benzene rings is 10. The Balaban J connectivity index is 1.33. The van der Waals surface area contributed by atoms with Crippen LogP contribution in [0, 0.1) is 0 Å². The molecule has 0 bridgehead atoms. The van der Waals surface area contributed by atoms with E-state index in [0.717, 1.165) is 0 Å². The van der Waals surface area contributed by atoms with E-state index >= 15 is 0 Å². The van der Waals surface area contributed by atoms with Crippen LogP contribution in [0.1, 0.15) is 0 Å². The van der Waals surface area contributed by atoms with E-state index in [4.69, 9.17) is 0 Å². The van der Waals surface area contributed by atoms with Gasteiger partial charge in [0.05, 0.1) is 0 Å². The van der Waals surface area contributed by atoms with Crippen molar-refractivity contribution in [1.82, 2.24) is 0 Å². The fourth-order valence-corrected chi connectivity index (χ4v) is 7.86. The summed E-state index contributed by atoms with van der Waals surface area (Å²) < 4.78 is 0. The third kappa shape index (κ3) is 3.23. The second kappa shape index (κ2) is 8.89. The van der Waals surface area contributed by atoms with Crippen LogP contribution in [-0.4, -0.2) is 0 Å². The summed E-state index contributed by atoms with van der Waals surface area (Å²) in [5, 5.41) is 15.8. The van der Waals surface area contributed by atoms with Gasteiger partial charge in [0.15, 0.2) is 0 Å². The highest BCUT2D eigenvalue weighted by Crippen LogP contribution is 2.47. The highest BCUT2D eigenvalue weighted by molar-refractivity contribution is 6.27. The van der Waals surface area contributed by atoms with E-state index in [2.05, 4.69) is 158 Å². The summed E-state index contributed by atoms with van der Waals surface area (Å²) >= 11 is 0. The molecule has 0 saturated carbocycles. The van der Waals surface area contributed by atoms with Gasteiger partial charge in [0, 0.05) is 0 Å². The van der Waals surface area contributed by atoms with Crippen LogP contribution in [0.15, 0.2) is 158 Å². The Hall–Kier alpha value is -5.72. The first-order valence-electron chi connectivity index (χ1n) is 15.4. The predicted molar refractivity (Wildman–Crippen MR) is 190 cm³/mol. The molecular formula is C44H26. The Labute approximate surface area is 255 Å². The molecule has 10 aromatic rings. The zero-order chi connectivity index (χ0) is 28.8. The lowest BCUT2D eigenvalue weighted by molar-refractivity contribution is 1.59. The maximum atomic E-state index is 2.33. The van der Waals surface area contributed by atoms with Gasteiger partial charge in [-0.1, -0.05) is 158 Å². The van der Waals surface area contributed by atoms with Crippen molar-refractivity contribution in [2.45, 2.75) is 0 Å². The molecule has 0 fully saturated rings. The minimum absolute atomic E-state index is 1.23. The average molecular weight is 555 g/mol. The molecule has 0 aliphatic carbocycles. The monoisotopic (exact) mass is 554 g/mol. The number of rotatable bonds is 3. The fraction of sp³-hybridized carbons (Fsp3) is 0. The van der Waals surface area contributed by atoms with Crippen molar-refractivity contribution in [1.29, 1.82) is 0 Å².